The molecule has 1 radical (unpaired) electrons. The van der Waals surface area contributed by atoms with Crippen molar-refractivity contribution in [2.45, 2.75) is 20.8 Å². The van der Waals surface area contributed by atoms with Crippen molar-refractivity contribution in [3.63, 3.8) is 0 Å². The molecule has 0 heterocycles. The van der Waals surface area contributed by atoms with E-state index < -0.39 is 0 Å². The second-order valence-corrected chi connectivity index (χ2v) is 15.1. The topological polar surface area (TPSA) is 0 Å². The molecule has 41 valence electrons. The Balaban J connectivity index is 0. The molecule has 3 heteroatoms. The zero-order chi connectivity index (χ0) is 6.28. The van der Waals surface area contributed by atoms with Gasteiger partial charge in [-0.25, -0.2) is 0 Å². The molecule has 0 aromatic heterocycles. The van der Waals surface area contributed by atoms with E-state index in [1.165, 1.54) is 5.92 Å². The van der Waals surface area contributed by atoms with E-state index in [1.54, 1.807) is 0 Å². The molecule has 0 bridgehead atoms. The Kier molecular flexibility index (Phi) is 18.9. The van der Waals surface area contributed by atoms with Crippen LogP contribution in [-0.2, 0) is 0 Å². The summed E-state index contributed by atoms with van der Waals surface area (Å²) in [5, 5.41) is 0. The first-order valence-electron chi connectivity index (χ1n) is 2.03. The van der Waals surface area contributed by atoms with Crippen LogP contribution in [0.1, 0.15) is 20.8 Å². The van der Waals surface area contributed by atoms with Crippen LogP contribution < -0.4 is 0 Å². The standard InChI is InChI=1S/C4H9.2HI.Mg/c1-4(2)3;;;/h1-3H3;2*1H;/q;;;+2/p-2. The van der Waals surface area contributed by atoms with Crippen molar-refractivity contribution in [3.8, 4) is 0 Å². The van der Waals surface area contributed by atoms with Gasteiger partial charge in [0.15, 0.2) is 0 Å². The maximum absolute atomic E-state index is 2.41. The molecule has 0 spiro atoms. The number of hydrogen-bond donors (Lipinski definition) is 0. The summed E-state index contributed by atoms with van der Waals surface area (Å²) in [6, 6.07) is 0. The SMILES string of the molecule is C[C](C)C.[I][Mg][I]. The monoisotopic (exact) mass is 335 g/mol. The van der Waals surface area contributed by atoms with Crippen LogP contribution in [0.2, 0.25) is 0 Å². The van der Waals surface area contributed by atoms with E-state index in [0.717, 1.165) is 0 Å². The fourth-order valence-electron chi connectivity index (χ4n) is 0. The third-order valence-electron chi connectivity index (χ3n) is 0. The summed E-state index contributed by atoms with van der Waals surface area (Å²) in [5.41, 5.74) is 0. The van der Waals surface area contributed by atoms with Gasteiger partial charge in [0.1, 0.15) is 0 Å². The molecule has 0 atom stereocenters. The van der Waals surface area contributed by atoms with Gasteiger partial charge in [-0.3, -0.25) is 37.7 Å². The van der Waals surface area contributed by atoms with Gasteiger partial charge in [0.05, 0.1) is 0 Å². The summed E-state index contributed by atoms with van der Waals surface area (Å²) in [4.78, 5) is 0. The van der Waals surface area contributed by atoms with Crippen molar-refractivity contribution in [1.29, 1.82) is 0 Å². The Morgan fingerprint density at radius 3 is 1.14 bits per heavy atom. The number of hydrogen-bond acceptors (Lipinski definition) is 0. The Bertz CT molecular complexity index is 20.9. The second-order valence-electron chi connectivity index (χ2n) is 1.60. The first kappa shape index (κ1) is 12.0. The van der Waals surface area contributed by atoms with E-state index in [4.69, 9.17) is 0 Å². The summed E-state index contributed by atoms with van der Waals surface area (Å²) >= 11 is 5.18. The Labute approximate surface area is 75.7 Å². The molecule has 7 heavy (non-hydrogen) atoms. The lowest BCUT2D eigenvalue weighted by Gasteiger charge is -1.78. The molecular weight excluding hydrogens is 326 g/mol. The summed E-state index contributed by atoms with van der Waals surface area (Å²) in [6.07, 6.45) is 0. The van der Waals surface area contributed by atoms with Gasteiger partial charge in [-0.1, -0.05) is 20.8 Å². The van der Waals surface area contributed by atoms with Crippen molar-refractivity contribution < 1.29 is 0 Å². The lowest BCUT2D eigenvalue weighted by molar-refractivity contribution is 1.10. The van der Waals surface area contributed by atoms with Crippen molar-refractivity contribution in [1.82, 2.24) is 0 Å². The molecule has 0 aromatic rings. The lowest BCUT2D eigenvalue weighted by atomic mass is 10.3. The van der Waals surface area contributed by atoms with E-state index in [2.05, 4.69) is 58.5 Å². The largest absolute Gasteiger partial charge is 0.552 e. The van der Waals surface area contributed by atoms with E-state index in [-0.39, 0.29) is 0 Å². The molecule has 0 rings (SSSR count). The Hall–Kier alpha value is 2.23. The highest BCUT2D eigenvalue weighted by Crippen LogP contribution is 1.85. The van der Waals surface area contributed by atoms with Gasteiger partial charge in [0, 0.05) is 0 Å². The highest BCUT2D eigenvalue weighted by Gasteiger charge is 1.69. The molecule has 0 aliphatic heterocycles. The van der Waals surface area contributed by atoms with Gasteiger partial charge < -0.3 is 0 Å². The first-order valence-corrected chi connectivity index (χ1v) is 12.3. The van der Waals surface area contributed by atoms with E-state index in [0.29, 0.717) is 12.6 Å². The van der Waals surface area contributed by atoms with Crippen LogP contribution in [0.25, 0.3) is 0 Å². The Morgan fingerprint density at radius 2 is 1.14 bits per heavy atom. The fourth-order valence-corrected chi connectivity index (χ4v) is 0. The third kappa shape index (κ3) is 64.3. The molecule has 0 saturated heterocycles. The van der Waals surface area contributed by atoms with Crippen molar-refractivity contribution in [2.75, 3.05) is 0 Å². The van der Waals surface area contributed by atoms with Crippen LogP contribution in [0.3, 0.4) is 0 Å². The zero-order valence-electron chi connectivity index (χ0n) is 4.96. The first-order chi connectivity index (χ1) is 3.15. The van der Waals surface area contributed by atoms with Gasteiger partial charge in [0.2, 0.25) is 0 Å². The second kappa shape index (κ2) is 11.1. The molecule has 0 aliphatic rings. The van der Waals surface area contributed by atoms with E-state index in [1.807, 2.05) is 0 Å². The van der Waals surface area contributed by atoms with Crippen LogP contribution in [0.5, 0.6) is 0 Å². The van der Waals surface area contributed by atoms with Crippen LogP contribution in [0.4, 0.5) is 0 Å². The van der Waals surface area contributed by atoms with Crippen LogP contribution in [-0.4, -0.2) is 12.6 Å². The molecule has 0 aromatic carbocycles. The summed E-state index contributed by atoms with van der Waals surface area (Å²) in [5.74, 6) is 1.42. The Morgan fingerprint density at radius 1 is 1.14 bits per heavy atom. The van der Waals surface area contributed by atoms with Crippen LogP contribution >= 0.6 is 37.7 Å². The van der Waals surface area contributed by atoms with Crippen molar-refractivity contribution >= 4 is 50.3 Å². The third-order valence-corrected chi connectivity index (χ3v) is 0. The predicted molar refractivity (Wildman–Crippen MR) is 54.1 cm³/mol. The molecule has 0 N–H and O–H groups in total. The minimum absolute atomic E-state index is 0.357. The number of rotatable bonds is 0. The van der Waals surface area contributed by atoms with Crippen molar-refractivity contribution in [2.24, 2.45) is 0 Å². The molecule has 0 fully saturated rings. The van der Waals surface area contributed by atoms with Gasteiger partial charge in [-0.15, -0.1) is 0 Å². The maximum atomic E-state index is 2.41. The summed E-state index contributed by atoms with van der Waals surface area (Å²) < 4.78 is 0. The molecule has 0 unspecified atom stereocenters. The van der Waals surface area contributed by atoms with Gasteiger partial charge in [-0.05, 0) is 5.92 Å². The molecule has 0 aliphatic carbocycles. The lowest BCUT2D eigenvalue weighted by Crippen LogP contribution is -1.62. The van der Waals surface area contributed by atoms with Gasteiger partial charge in [-0.2, -0.15) is 0 Å². The minimum Gasteiger partial charge on any atom is -0.276 e. The average Bonchev–Trinajstić information content (AvgIpc) is 1.33. The minimum atomic E-state index is 0.357. The van der Waals surface area contributed by atoms with E-state index >= 15 is 0 Å². The normalized spacial score (nSPS) is 6.57. The maximum Gasteiger partial charge on any atom is 0.552 e. The van der Waals surface area contributed by atoms with E-state index in [9.17, 15) is 0 Å². The molecule has 0 nitrogen and oxygen atoms in total. The molecule has 0 saturated carbocycles. The zero-order valence-corrected chi connectivity index (χ0v) is 10.7. The van der Waals surface area contributed by atoms with Crippen molar-refractivity contribution in [3.05, 3.63) is 5.92 Å². The van der Waals surface area contributed by atoms with Crippen LogP contribution in [0, 0.1) is 5.92 Å². The smallest absolute Gasteiger partial charge is 0.276 e. The van der Waals surface area contributed by atoms with Gasteiger partial charge in [0.25, 0.3) is 0 Å². The highest BCUT2D eigenvalue weighted by molar-refractivity contribution is 14.3. The summed E-state index contributed by atoms with van der Waals surface area (Å²) in [7, 11) is 0. The molecule has 0 amide bonds. The molecular formula is C4H9I2Mg. The average molecular weight is 335 g/mol. The van der Waals surface area contributed by atoms with Gasteiger partial charge >= 0.3 is 12.6 Å². The fraction of sp³-hybridized carbons (Fsp3) is 0.750. The quantitative estimate of drug-likeness (QED) is 0.472. The number of halogens is 2. The highest BCUT2D eigenvalue weighted by atomic mass is 127. The van der Waals surface area contributed by atoms with Crippen LogP contribution in [0.15, 0.2) is 0 Å². The summed E-state index contributed by atoms with van der Waals surface area (Å²) in [6.45, 7) is 6.25. The predicted octanol–water partition coefficient (Wildman–Crippen LogP) is 3.01.